The lowest BCUT2D eigenvalue weighted by Gasteiger charge is -2.32. The van der Waals surface area contributed by atoms with Crippen LogP contribution in [-0.4, -0.2) is 36.5 Å². The molecular weight excluding hydrogens is 248 g/mol. The maximum atomic E-state index is 12.2. The van der Waals surface area contributed by atoms with Crippen LogP contribution in [0.4, 0.5) is 0 Å². The molecule has 1 amide bonds. The SMILES string of the molecule is CCCNC1CCN(C(=O)CCc2ccccc2)CC1. The first-order valence-corrected chi connectivity index (χ1v) is 7.84. The van der Waals surface area contributed by atoms with Crippen molar-refractivity contribution in [2.24, 2.45) is 0 Å². The number of amides is 1. The molecule has 0 aromatic heterocycles. The summed E-state index contributed by atoms with van der Waals surface area (Å²) < 4.78 is 0. The molecule has 110 valence electrons. The van der Waals surface area contributed by atoms with E-state index in [2.05, 4.69) is 24.4 Å². The first-order valence-electron chi connectivity index (χ1n) is 7.84. The van der Waals surface area contributed by atoms with Gasteiger partial charge in [0.25, 0.3) is 0 Å². The molecule has 1 fully saturated rings. The molecule has 0 aliphatic carbocycles. The van der Waals surface area contributed by atoms with Gasteiger partial charge in [-0.3, -0.25) is 4.79 Å². The average molecular weight is 274 g/mol. The molecule has 3 nitrogen and oxygen atoms in total. The minimum absolute atomic E-state index is 0.308. The van der Waals surface area contributed by atoms with Gasteiger partial charge < -0.3 is 10.2 Å². The average Bonchev–Trinajstić information content (AvgIpc) is 2.52. The Balaban J connectivity index is 1.69. The molecule has 3 heteroatoms. The Kier molecular flexibility index (Phi) is 6.06. The van der Waals surface area contributed by atoms with Crippen LogP contribution >= 0.6 is 0 Å². The zero-order valence-electron chi connectivity index (χ0n) is 12.5. The molecule has 20 heavy (non-hydrogen) atoms. The van der Waals surface area contributed by atoms with E-state index in [0.29, 0.717) is 18.4 Å². The number of rotatable bonds is 6. The van der Waals surface area contributed by atoms with Crippen LogP contribution in [0.3, 0.4) is 0 Å². The van der Waals surface area contributed by atoms with Crippen LogP contribution in [0.2, 0.25) is 0 Å². The second kappa shape index (κ2) is 8.05. The molecule has 0 radical (unpaired) electrons. The van der Waals surface area contributed by atoms with E-state index in [4.69, 9.17) is 0 Å². The molecule has 1 aliphatic rings. The molecule has 0 atom stereocenters. The van der Waals surface area contributed by atoms with Gasteiger partial charge in [-0.15, -0.1) is 0 Å². The van der Waals surface area contributed by atoms with E-state index >= 15 is 0 Å². The van der Waals surface area contributed by atoms with Gasteiger partial charge in [0, 0.05) is 25.6 Å². The lowest BCUT2D eigenvalue weighted by atomic mass is 10.0. The predicted molar refractivity (Wildman–Crippen MR) is 82.7 cm³/mol. The van der Waals surface area contributed by atoms with Crippen LogP contribution in [0.15, 0.2) is 30.3 Å². The largest absolute Gasteiger partial charge is 0.343 e. The summed E-state index contributed by atoms with van der Waals surface area (Å²) in [5, 5.41) is 3.55. The molecule has 0 bridgehead atoms. The minimum atomic E-state index is 0.308. The summed E-state index contributed by atoms with van der Waals surface area (Å²) in [6, 6.07) is 10.9. The van der Waals surface area contributed by atoms with E-state index in [1.807, 2.05) is 23.1 Å². The standard InChI is InChI=1S/C17H26N2O/c1-2-12-18-16-10-13-19(14-11-16)17(20)9-8-15-6-4-3-5-7-15/h3-7,16,18H,2,8-14H2,1H3. The highest BCUT2D eigenvalue weighted by atomic mass is 16.2. The van der Waals surface area contributed by atoms with Gasteiger partial charge in [-0.05, 0) is 37.8 Å². The number of nitrogens with zero attached hydrogens (tertiary/aromatic N) is 1. The molecule has 1 heterocycles. The first kappa shape index (κ1) is 15.0. The van der Waals surface area contributed by atoms with Crippen LogP contribution in [0.5, 0.6) is 0 Å². The highest BCUT2D eigenvalue weighted by Gasteiger charge is 2.21. The van der Waals surface area contributed by atoms with Gasteiger partial charge in [-0.1, -0.05) is 37.3 Å². The molecule has 1 aromatic carbocycles. The topological polar surface area (TPSA) is 32.3 Å². The fraction of sp³-hybridized carbons (Fsp3) is 0.588. The zero-order valence-corrected chi connectivity index (χ0v) is 12.5. The van der Waals surface area contributed by atoms with Crippen molar-refractivity contribution in [1.29, 1.82) is 0 Å². The van der Waals surface area contributed by atoms with E-state index in [9.17, 15) is 4.79 Å². The van der Waals surface area contributed by atoms with E-state index in [0.717, 1.165) is 38.9 Å². The van der Waals surface area contributed by atoms with Crippen molar-refractivity contribution in [1.82, 2.24) is 10.2 Å². The van der Waals surface area contributed by atoms with Crippen molar-refractivity contribution >= 4 is 5.91 Å². The van der Waals surface area contributed by atoms with Crippen molar-refractivity contribution in [3.05, 3.63) is 35.9 Å². The van der Waals surface area contributed by atoms with Crippen molar-refractivity contribution in [2.45, 2.75) is 45.1 Å². The number of hydrogen-bond acceptors (Lipinski definition) is 2. The van der Waals surface area contributed by atoms with E-state index < -0.39 is 0 Å². The maximum absolute atomic E-state index is 12.2. The summed E-state index contributed by atoms with van der Waals surface area (Å²) in [6.45, 7) is 5.10. The molecular formula is C17H26N2O. The Morgan fingerprint density at radius 1 is 1.25 bits per heavy atom. The zero-order chi connectivity index (χ0) is 14.2. The van der Waals surface area contributed by atoms with Crippen molar-refractivity contribution < 1.29 is 4.79 Å². The lowest BCUT2D eigenvalue weighted by Crippen LogP contribution is -2.45. The lowest BCUT2D eigenvalue weighted by molar-refractivity contribution is -0.132. The quantitative estimate of drug-likeness (QED) is 0.865. The Morgan fingerprint density at radius 2 is 1.95 bits per heavy atom. The Bertz CT molecular complexity index is 397. The Labute approximate surface area is 122 Å². The van der Waals surface area contributed by atoms with Crippen LogP contribution in [0.25, 0.3) is 0 Å². The summed E-state index contributed by atoms with van der Waals surface area (Å²) >= 11 is 0. The molecule has 1 saturated heterocycles. The van der Waals surface area contributed by atoms with Gasteiger partial charge in [0.2, 0.25) is 5.91 Å². The smallest absolute Gasteiger partial charge is 0.222 e. The molecule has 2 rings (SSSR count). The normalized spacial score (nSPS) is 16.4. The first-order chi connectivity index (χ1) is 9.79. The number of aryl methyl sites for hydroxylation is 1. The Hall–Kier alpha value is -1.35. The van der Waals surface area contributed by atoms with E-state index in [1.54, 1.807) is 0 Å². The number of carbonyl (C=O) groups excluding carboxylic acids is 1. The van der Waals surface area contributed by atoms with Gasteiger partial charge in [0.1, 0.15) is 0 Å². The third-order valence-electron chi connectivity index (χ3n) is 4.00. The molecule has 0 spiro atoms. The number of piperidine rings is 1. The fourth-order valence-corrected chi connectivity index (χ4v) is 2.74. The van der Waals surface area contributed by atoms with Crippen LogP contribution in [0.1, 0.15) is 38.2 Å². The second-order valence-electron chi connectivity index (χ2n) is 5.59. The van der Waals surface area contributed by atoms with Gasteiger partial charge in [0.15, 0.2) is 0 Å². The number of hydrogen-bond donors (Lipinski definition) is 1. The molecule has 1 N–H and O–H groups in total. The minimum Gasteiger partial charge on any atom is -0.343 e. The van der Waals surface area contributed by atoms with Gasteiger partial charge in [-0.2, -0.15) is 0 Å². The number of nitrogens with one attached hydrogen (secondary N) is 1. The molecule has 1 aliphatic heterocycles. The number of likely N-dealkylation sites (tertiary alicyclic amines) is 1. The van der Waals surface area contributed by atoms with Crippen LogP contribution in [0, 0.1) is 0 Å². The van der Waals surface area contributed by atoms with Crippen molar-refractivity contribution in [2.75, 3.05) is 19.6 Å². The predicted octanol–water partition coefficient (Wildman–Crippen LogP) is 2.61. The highest BCUT2D eigenvalue weighted by Crippen LogP contribution is 2.13. The number of carbonyl (C=O) groups is 1. The van der Waals surface area contributed by atoms with Gasteiger partial charge in [-0.25, -0.2) is 0 Å². The van der Waals surface area contributed by atoms with Crippen molar-refractivity contribution in [3.63, 3.8) is 0 Å². The van der Waals surface area contributed by atoms with E-state index in [-0.39, 0.29) is 0 Å². The molecule has 0 unspecified atom stereocenters. The highest BCUT2D eigenvalue weighted by molar-refractivity contribution is 5.76. The summed E-state index contributed by atoms with van der Waals surface area (Å²) in [4.78, 5) is 14.2. The van der Waals surface area contributed by atoms with E-state index in [1.165, 1.54) is 12.0 Å². The van der Waals surface area contributed by atoms with Crippen molar-refractivity contribution in [3.8, 4) is 0 Å². The summed E-state index contributed by atoms with van der Waals surface area (Å²) in [5.41, 5.74) is 1.25. The van der Waals surface area contributed by atoms with Gasteiger partial charge in [0.05, 0.1) is 0 Å². The molecule has 1 aromatic rings. The van der Waals surface area contributed by atoms with Gasteiger partial charge >= 0.3 is 0 Å². The van der Waals surface area contributed by atoms with Crippen LogP contribution < -0.4 is 5.32 Å². The second-order valence-corrected chi connectivity index (χ2v) is 5.59. The monoisotopic (exact) mass is 274 g/mol. The summed E-state index contributed by atoms with van der Waals surface area (Å²) in [6.07, 6.45) is 4.86. The Morgan fingerprint density at radius 3 is 2.60 bits per heavy atom. The maximum Gasteiger partial charge on any atom is 0.222 e. The third kappa shape index (κ3) is 4.64. The number of benzene rings is 1. The summed E-state index contributed by atoms with van der Waals surface area (Å²) in [7, 11) is 0. The molecule has 0 saturated carbocycles. The van der Waals surface area contributed by atoms with Crippen LogP contribution in [-0.2, 0) is 11.2 Å². The summed E-state index contributed by atoms with van der Waals surface area (Å²) in [5.74, 6) is 0.308. The fourth-order valence-electron chi connectivity index (χ4n) is 2.74. The third-order valence-corrected chi connectivity index (χ3v) is 4.00.